The smallest absolute Gasteiger partial charge is 0.0540 e. The van der Waals surface area contributed by atoms with E-state index in [0.717, 1.165) is 22.7 Å². The van der Waals surface area contributed by atoms with E-state index < -0.39 is 0 Å². The van der Waals surface area contributed by atoms with Gasteiger partial charge in [0.25, 0.3) is 0 Å². The molecule has 7 aromatic carbocycles. The van der Waals surface area contributed by atoms with Crippen molar-refractivity contribution in [1.29, 1.82) is 0 Å². The van der Waals surface area contributed by atoms with Crippen LogP contribution in [0.3, 0.4) is 0 Å². The standard InChI is InChI=1S/C38H32N2/c1-38(2,3)28-18-20-31(21-19-28)40(30-12-8-5-9-13-30)35-25-17-27-14-22-32-34(39-29-10-6-4-7-11-29)24-16-26-15-23-33(35)37(27)36(26)32/h4-25,39H,1-3H3. The second kappa shape index (κ2) is 9.43. The molecule has 0 aliphatic heterocycles. The molecule has 0 unspecified atom stereocenters. The first-order valence-electron chi connectivity index (χ1n) is 14.0. The zero-order valence-electron chi connectivity index (χ0n) is 23.1. The van der Waals surface area contributed by atoms with Crippen LogP contribution in [0.4, 0.5) is 28.4 Å². The SMILES string of the molecule is CC(C)(C)c1ccc(N(c2ccccc2)c2ccc3ccc4c(Nc5ccccc5)ccc5ccc2c3c54)cc1. The highest BCUT2D eigenvalue weighted by Crippen LogP contribution is 2.45. The number of hydrogen-bond acceptors (Lipinski definition) is 2. The first-order valence-corrected chi connectivity index (χ1v) is 14.0. The van der Waals surface area contributed by atoms with Crippen LogP contribution < -0.4 is 10.2 Å². The van der Waals surface area contributed by atoms with Gasteiger partial charge in [-0.3, -0.25) is 0 Å². The molecule has 0 aliphatic carbocycles. The quantitative estimate of drug-likeness (QED) is 0.229. The molecule has 2 nitrogen and oxygen atoms in total. The number of benzene rings is 7. The molecule has 40 heavy (non-hydrogen) atoms. The molecule has 0 aliphatic rings. The summed E-state index contributed by atoms with van der Waals surface area (Å²) in [5.74, 6) is 0. The summed E-state index contributed by atoms with van der Waals surface area (Å²) in [6.07, 6.45) is 0. The van der Waals surface area contributed by atoms with Crippen molar-refractivity contribution in [3.8, 4) is 0 Å². The normalized spacial score (nSPS) is 11.9. The van der Waals surface area contributed by atoms with Gasteiger partial charge in [-0.25, -0.2) is 0 Å². The van der Waals surface area contributed by atoms with Crippen molar-refractivity contribution in [2.45, 2.75) is 26.2 Å². The van der Waals surface area contributed by atoms with E-state index in [1.54, 1.807) is 0 Å². The van der Waals surface area contributed by atoms with Gasteiger partial charge in [0.2, 0.25) is 0 Å². The summed E-state index contributed by atoms with van der Waals surface area (Å²) >= 11 is 0. The lowest BCUT2D eigenvalue weighted by molar-refractivity contribution is 0.590. The lowest BCUT2D eigenvalue weighted by atomic mass is 9.87. The van der Waals surface area contributed by atoms with Gasteiger partial charge in [0.05, 0.1) is 5.69 Å². The molecule has 1 N–H and O–H groups in total. The highest BCUT2D eigenvalue weighted by Gasteiger charge is 2.20. The third-order valence-corrected chi connectivity index (χ3v) is 7.94. The van der Waals surface area contributed by atoms with E-state index in [1.807, 2.05) is 6.07 Å². The maximum absolute atomic E-state index is 3.65. The summed E-state index contributed by atoms with van der Waals surface area (Å²) in [7, 11) is 0. The second-order valence-corrected chi connectivity index (χ2v) is 11.6. The Bertz CT molecular complexity index is 1930. The van der Waals surface area contributed by atoms with E-state index in [4.69, 9.17) is 0 Å². The third-order valence-electron chi connectivity index (χ3n) is 7.94. The lowest BCUT2D eigenvalue weighted by Crippen LogP contribution is -2.13. The Morgan fingerprint density at radius 1 is 0.500 bits per heavy atom. The molecule has 7 rings (SSSR count). The van der Waals surface area contributed by atoms with Gasteiger partial charge in [0.15, 0.2) is 0 Å². The first-order chi connectivity index (χ1) is 19.5. The predicted molar refractivity (Wildman–Crippen MR) is 173 cm³/mol. The fourth-order valence-corrected chi connectivity index (χ4v) is 5.88. The minimum absolute atomic E-state index is 0.106. The van der Waals surface area contributed by atoms with E-state index >= 15 is 0 Å². The van der Waals surface area contributed by atoms with Gasteiger partial charge in [-0.2, -0.15) is 0 Å². The monoisotopic (exact) mass is 516 g/mol. The predicted octanol–water partition coefficient (Wildman–Crippen LogP) is 11.1. The molecular weight excluding hydrogens is 484 g/mol. The topological polar surface area (TPSA) is 15.3 Å². The number of hydrogen-bond donors (Lipinski definition) is 1. The Labute approximate surface area is 235 Å². The van der Waals surface area contributed by atoms with Gasteiger partial charge in [-0.15, -0.1) is 0 Å². The maximum Gasteiger partial charge on any atom is 0.0540 e. The minimum atomic E-state index is 0.106. The van der Waals surface area contributed by atoms with Crippen LogP contribution in [0.2, 0.25) is 0 Å². The van der Waals surface area contributed by atoms with E-state index in [1.165, 1.54) is 43.6 Å². The lowest BCUT2D eigenvalue weighted by Gasteiger charge is -2.28. The zero-order valence-corrected chi connectivity index (χ0v) is 23.1. The largest absolute Gasteiger partial charge is 0.355 e. The van der Waals surface area contributed by atoms with Crippen molar-refractivity contribution >= 4 is 60.8 Å². The summed E-state index contributed by atoms with van der Waals surface area (Å²) < 4.78 is 0. The third kappa shape index (κ3) is 4.13. The average molecular weight is 517 g/mol. The summed E-state index contributed by atoms with van der Waals surface area (Å²) in [5.41, 5.74) is 7.13. The highest BCUT2D eigenvalue weighted by molar-refractivity contribution is 6.27. The molecule has 7 aromatic rings. The number of para-hydroxylation sites is 2. The molecular formula is C38H32N2. The number of nitrogens with zero attached hydrogens (tertiary/aromatic N) is 1. The molecule has 0 saturated heterocycles. The van der Waals surface area contributed by atoms with Crippen LogP contribution in [0.25, 0.3) is 32.3 Å². The molecule has 2 heteroatoms. The van der Waals surface area contributed by atoms with Gasteiger partial charge < -0.3 is 10.2 Å². The van der Waals surface area contributed by atoms with Crippen molar-refractivity contribution in [3.05, 3.63) is 139 Å². The summed E-state index contributed by atoms with van der Waals surface area (Å²) in [6, 6.07) is 48.2. The van der Waals surface area contributed by atoms with Crippen LogP contribution in [0.15, 0.2) is 133 Å². The molecule has 0 amide bonds. The molecule has 0 fully saturated rings. The molecule has 0 atom stereocenters. The second-order valence-electron chi connectivity index (χ2n) is 11.6. The average Bonchev–Trinajstić information content (AvgIpc) is 2.98. The Balaban J connectivity index is 1.46. The molecule has 194 valence electrons. The van der Waals surface area contributed by atoms with Crippen molar-refractivity contribution in [1.82, 2.24) is 0 Å². The zero-order chi connectivity index (χ0) is 27.3. The Kier molecular flexibility index (Phi) is 5.71. The molecule has 0 saturated carbocycles. The Morgan fingerprint density at radius 3 is 1.73 bits per heavy atom. The Morgan fingerprint density at radius 2 is 1.05 bits per heavy atom. The van der Waals surface area contributed by atoms with Gasteiger partial charge in [-0.1, -0.05) is 106 Å². The fourth-order valence-electron chi connectivity index (χ4n) is 5.88. The van der Waals surface area contributed by atoms with Crippen LogP contribution in [-0.2, 0) is 5.41 Å². The van der Waals surface area contributed by atoms with Crippen molar-refractivity contribution in [2.75, 3.05) is 10.2 Å². The van der Waals surface area contributed by atoms with Crippen LogP contribution in [0, 0.1) is 0 Å². The van der Waals surface area contributed by atoms with E-state index in [2.05, 4.69) is 158 Å². The van der Waals surface area contributed by atoms with Crippen molar-refractivity contribution in [3.63, 3.8) is 0 Å². The van der Waals surface area contributed by atoms with Crippen molar-refractivity contribution in [2.24, 2.45) is 0 Å². The fraction of sp³-hybridized carbons (Fsp3) is 0.105. The molecule has 0 radical (unpaired) electrons. The number of anilines is 5. The van der Waals surface area contributed by atoms with Crippen LogP contribution in [0.5, 0.6) is 0 Å². The number of rotatable bonds is 5. The van der Waals surface area contributed by atoms with Crippen LogP contribution in [-0.4, -0.2) is 0 Å². The molecule has 0 spiro atoms. The first kappa shape index (κ1) is 24.2. The summed E-state index contributed by atoms with van der Waals surface area (Å²) in [4.78, 5) is 2.39. The van der Waals surface area contributed by atoms with Crippen LogP contribution in [0.1, 0.15) is 26.3 Å². The van der Waals surface area contributed by atoms with Gasteiger partial charge in [0.1, 0.15) is 0 Å². The summed E-state index contributed by atoms with van der Waals surface area (Å²) in [5, 5.41) is 11.2. The van der Waals surface area contributed by atoms with Crippen molar-refractivity contribution < 1.29 is 0 Å². The molecule has 0 heterocycles. The minimum Gasteiger partial charge on any atom is -0.355 e. The van der Waals surface area contributed by atoms with Gasteiger partial charge in [0, 0.05) is 33.5 Å². The molecule has 0 bridgehead atoms. The van der Waals surface area contributed by atoms with Gasteiger partial charge >= 0.3 is 0 Å². The van der Waals surface area contributed by atoms with Gasteiger partial charge in [-0.05, 0) is 81.1 Å². The van der Waals surface area contributed by atoms with E-state index in [0.29, 0.717) is 0 Å². The van der Waals surface area contributed by atoms with Crippen LogP contribution >= 0.6 is 0 Å². The number of nitrogens with one attached hydrogen (secondary N) is 1. The summed E-state index contributed by atoms with van der Waals surface area (Å²) in [6.45, 7) is 6.79. The Hall–Kier alpha value is -4.82. The van der Waals surface area contributed by atoms with E-state index in [9.17, 15) is 0 Å². The maximum atomic E-state index is 3.65. The highest BCUT2D eigenvalue weighted by atomic mass is 15.1. The van der Waals surface area contributed by atoms with E-state index in [-0.39, 0.29) is 5.41 Å². The molecule has 0 aromatic heterocycles.